The van der Waals surface area contributed by atoms with Crippen LogP contribution in [0.4, 0.5) is 0 Å². The Labute approximate surface area is 228 Å². The van der Waals surface area contributed by atoms with Crippen molar-refractivity contribution >= 4 is 35.0 Å². The molecule has 0 unspecified atom stereocenters. The van der Waals surface area contributed by atoms with Gasteiger partial charge in [0.25, 0.3) is 5.56 Å². The van der Waals surface area contributed by atoms with E-state index in [4.69, 9.17) is 35.5 Å². The normalized spacial score (nSPS) is 16.6. The number of benzene rings is 2. The summed E-state index contributed by atoms with van der Waals surface area (Å²) in [7, 11) is 1.54. The Kier molecular flexibility index (Phi) is 7.58. The van der Waals surface area contributed by atoms with Crippen LogP contribution in [0.2, 0.25) is 5.02 Å². The fraction of sp³-hybridized carbons (Fsp3) is 0.321. The molecule has 0 aliphatic carbocycles. The number of thiazole rings is 1. The molecule has 3 aromatic rings. The van der Waals surface area contributed by atoms with Gasteiger partial charge >= 0.3 is 5.97 Å². The van der Waals surface area contributed by atoms with Crippen molar-refractivity contribution in [1.29, 1.82) is 0 Å². The maximum atomic E-state index is 13.9. The number of halogens is 1. The summed E-state index contributed by atoms with van der Waals surface area (Å²) >= 11 is 7.66. The Balaban J connectivity index is 1.75. The van der Waals surface area contributed by atoms with Crippen LogP contribution in [0.25, 0.3) is 6.08 Å². The molecule has 3 heterocycles. The summed E-state index contributed by atoms with van der Waals surface area (Å²) < 4.78 is 24.4. The molecule has 2 aliphatic rings. The zero-order valence-electron chi connectivity index (χ0n) is 21.3. The lowest BCUT2D eigenvalue weighted by Crippen LogP contribution is -2.40. The summed E-state index contributed by atoms with van der Waals surface area (Å²) in [5.74, 6) is 1.29. The number of nitrogens with zero attached hydrogens (tertiary/aromatic N) is 2. The van der Waals surface area contributed by atoms with Crippen molar-refractivity contribution in [3.05, 3.63) is 83.5 Å². The summed E-state index contributed by atoms with van der Waals surface area (Å²) in [6.07, 6.45) is 3.09. The monoisotopic (exact) mass is 554 g/mol. The summed E-state index contributed by atoms with van der Waals surface area (Å²) in [6, 6.07) is 9.88. The van der Waals surface area contributed by atoms with Crippen molar-refractivity contribution in [2.24, 2.45) is 4.99 Å². The molecule has 5 rings (SSSR count). The Morgan fingerprint density at radius 3 is 2.71 bits per heavy atom. The number of aromatic nitrogens is 1. The first-order valence-corrected chi connectivity index (χ1v) is 13.6. The zero-order chi connectivity index (χ0) is 26.8. The first-order chi connectivity index (χ1) is 18.4. The minimum atomic E-state index is -0.817. The Hall–Kier alpha value is -3.56. The van der Waals surface area contributed by atoms with Gasteiger partial charge in [0.15, 0.2) is 16.3 Å². The molecule has 8 nitrogen and oxygen atoms in total. The lowest BCUT2D eigenvalue weighted by atomic mass is 9.93. The molecule has 2 aliphatic heterocycles. The van der Waals surface area contributed by atoms with Crippen LogP contribution >= 0.6 is 22.9 Å². The van der Waals surface area contributed by atoms with Gasteiger partial charge in [0.1, 0.15) is 25.0 Å². The van der Waals surface area contributed by atoms with Crippen LogP contribution in [-0.2, 0) is 9.53 Å². The Morgan fingerprint density at radius 1 is 1.18 bits per heavy atom. The van der Waals surface area contributed by atoms with Crippen LogP contribution in [-0.4, -0.2) is 37.5 Å². The number of esters is 1. The molecule has 0 fully saturated rings. The second-order valence-corrected chi connectivity index (χ2v) is 10.1. The van der Waals surface area contributed by atoms with Crippen molar-refractivity contribution < 1.29 is 23.7 Å². The van der Waals surface area contributed by atoms with E-state index in [1.807, 2.05) is 25.1 Å². The van der Waals surface area contributed by atoms with E-state index < -0.39 is 12.0 Å². The predicted molar refractivity (Wildman–Crippen MR) is 145 cm³/mol. The first kappa shape index (κ1) is 26.1. The van der Waals surface area contributed by atoms with Gasteiger partial charge in [-0.05, 0) is 55.3 Å². The SMILES string of the molecule is CCCC1=C(C(=O)OCC)[C@H](c2cc(Cl)ccc2OC)n2c(s/c(=C/c3ccc4c(c3)OCCO4)c2=O)=N1. The fourth-order valence-corrected chi connectivity index (χ4v) is 5.84. The number of ether oxygens (including phenoxy) is 4. The van der Waals surface area contributed by atoms with Crippen molar-refractivity contribution in [3.63, 3.8) is 0 Å². The van der Waals surface area contributed by atoms with E-state index in [-0.39, 0.29) is 12.2 Å². The number of methoxy groups -OCH3 is 1. The van der Waals surface area contributed by atoms with Crippen molar-refractivity contribution in [2.45, 2.75) is 32.7 Å². The lowest BCUT2D eigenvalue weighted by molar-refractivity contribution is -0.139. The van der Waals surface area contributed by atoms with Crippen LogP contribution in [0, 0.1) is 0 Å². The van der Waals surface area contributed by atoms with Crippen LogP contribution in [0.5, 0.6) is 17.2 Å². The van der Waals surface area contributed by atoms with Crippen LogP contribution in [0.1, 0.15) is 43.9 Å². The largest absolute Gasteiger partial charge is 0.496 e. The molecule has 0 bridgehead atoms. The highest BCUT2D eigenvalue weighted by molar-refractivity contribution is 7.07. The van der Waals surface area contributed by atoms with E-state index in [1.165, 1.54) is 15.9 Å². The van der Waals surface area contributed by atoms with Crippen LogP contribution in [0.3, 0.4) is 0 Å². The number of carbonyl (C=O) groups excluding carboxylic acids is 1. The van der Waals surface area contributed by atoms with Crippen molar-refractivity contribution in [1.82, 2.24) is 4.57 Å². The van der Waals surface area contributed by atoms with Gasteiger partial charge in [0.2, 0.25) is 0 Å². The molecule has 198 valence electrons. The van der Waals surface area contributed by atoms with Crippen molar-refractivity contribution in [3.8, 4) is 17.2 Å². The molecule has 0 spiro atoms. The quantitative estimate of drug-likeness (QED) is 0.410. The minimum absolute atomic E-state index is 0.190. The van der Waals surface area contributed by atoms with E-state index >= 15 is 0 Å². The minimum Gasteiger partial charge on any atom is -0.496 e. The maximum Gasteiger partial charge on any atom is 0.338 e. The van der Waals surface area contributed by atoms with Gasteiger partial charge in [-0.2, -0.15) is 0 Å². The Morgan fingerprint density at radius 2 is 1.97 bits per heavy atom. The van der Waals surface area contributed by atoms with Crippen LogP contribution < -0.4 is 29.1 Å². The van der Waals surface area contributed by atoms with E-state index in [1.54, 1.807) is 38.3 Å². The van der Waals surface area contributed by atoms with E-state index in [2.05, 4.69) is 0 Å². The van der Waals surface area contributed by atoms with Crippen molar-refractivity contribution in [2.75, 3.05) is 26.9 Å². The number of hydrogen-bond acceptors (Lipinski definition) is 8. The third kappa shape index (κ3) is 4.83. The second-order valence-electron chi connectivity index (χ2n) is 8.70. The van der Waals surface area contributed by atoms with E-state index in [9.17, 15) is 9.59 Å². The number of rotatable bonds is 7. The standard InChI is InChI=1S/C28H27ClN2O6S/c1-4-6-19-24(27(33)35-5-2)25(18-15-17(29)8-10-20(18)34-3)31-26(32)23(38-28(31)30-19)14-16-7-9-21-22(13-16)37-12-11-36-21/h7-10,13-15,25H,4-6,11-12H2,1-3H3/b23-14+/t25-/m0/s1. The van der Waals surface area contributed by atoms with Crippen LogP contribution in [0.15, 0.2) is 57.5 Å². The maximum absolute atomic E-state index is 13.9. The summed E-state index contributed by atoms with van der Waals surface area (Å²) in [4.78, 5) is 32.6. The third-order valence-electron chi connectivity index (χ3n) is 6.24. The third-order valence-corrected chi connectivity index (χ3v) is 7.46. The van der Waals surface area contributed by atoms with Gasteiger partial charge in [-0.3, -0.25) is 9.36 Å². The van der Waals surface area contributed by atoms with E-state index in [0.717, 1.165) is 12.0 Å². The molecule has 0 radical (unpaired) electrons. The predicted octanol–water partition coefficient (Wildman–Crippen LogP) is 4.01. The smallest absolute Gasteiger partial charge is 0.338 e. The highest BCUT2D eigenvalue weighted by atomic mass is 35.5. The van der Waals surface area contributed by atoms with Gasteiger partial charge in [0.05, 0.1) is 29.5 Å². The molecular weight excluding hydrogens is 528 g/mol. The topological polar surface area (TPSA) is 88.4 Å². The molecule has 0 amide bonds. The average Bonchev–Trinajstić information content (AvgIpc) is 3.22. The molecular formula is C28H27ClN2O6S. The molecule has 0 N–H and O–H groups in total. The highest BCUT2D eigenvalue weighted by Crippen LogP contribution is 2.38. The van der Waals surface area contributed by atoms with Gasteiger partial charge in [0, 0.05) is 10.6 Å². The molecule has 10 heteroatoms. The zero-order valence-corrected chi connectivity index (χ0v) is 22.9. The molecule has 38 heavy (non-hydrogen) atoms. The number of carbonyl (C=O) groups is 1. The van der Waals surface area contributed by atoms with Gasteiger partial charge in [-0.25, -0.2) is 9.79 Å². The fourth-order valence-electron chi connectivity index (χ4n) is 4.64. The van der Waals surface area contributed by atoms with Gasteiger partial charge in [-0.1, -0.05) is 42.3 Å². The Bertz CT molecular complexity index is 1610. The number of hydrogen-bond donors (Lipinski definition) is 0. The second kappa shape index (κ2) is 11.0. The molecule has 1 aromatic heterocycles. The van der Waals surface area contributed by atoms with Gasteiger partial charge < -0.3 is 18.9 Å². The summed E-state index contributed by atoms with van der Waals surface area (Å²) in [6.45, 7) is 4.92. The highest BCUT2D eigenvalue weighted by Gasteiger charge is 2.36. The van der Waals surface area contributed by atoms with Gasteiger partial charge in [-0.15, -0.1) is 0 Å². The molecule has 0 saturated carbocycles. The lowest BCUT2D eigenvalue weighted by Gasteiger charge is -2.27. The first-order valence-electron chi connectivity index (χ1n) is 12.4. The summed E-state index contributed by atoms with van der Waals surface area (Å²) in [5.41, 5.74) is 1.99. The number of fused-ring (bicyclic) bond motifs is 2. The molecule has 0 saturated heterocycles. The average molecular weight is 555 g/mol. The molecule has 2 aromatic carbocycles. The number of allylic oxidation sites excluding steroid dienone is 1. The summed E-state index contributed by atoms with van der Waals surface area (Å²) in [5, 5.41) is 0.455. The molecule has 1 atom stereocenters. The van der Waals surface area contributed by atoms with E-state index in [0.29, 0.717) is 68.1 Å².